The fourth-order valence-corrected chi connectivity index (χ4v) is 2.96. The minimum atomic E-state index is -0.480. The van der Waals surface area contributed by atoms with Gasteiger partial charge in [0.1, 0.15) is 5.75 Å². The maximum Gasteiger partial charge on any atom is 0.343 e. The number of ether oxygens (including phenoxy) is 2. The molecule has 0 amide bonds. The van der Waals surface area contributed by atoms with E-state index in [0.717, 1.165) is 24.8 Å². The number of benzene rings is 2. The zero-order valence-electron chi connectivity index (χ0n) is 16.9. The molecule has 2 aromatic carbocycles. The second-order valence-electron chi connectivity index (χ2n) is 6.84. The molecule has 0 saturated heterocycles. The zero-order valence-corrected chi connectivity index (χ0v) is 16.9. The number of para-hydroxylation sites is 1. The molecule has 0 N–H and O–H groups in total. The lowest BCUT2D eigenvalue weighted by molar-refractivity contribution is 0.0497. The summed E-state index contributed by atoms with van der Waals surface area (Å²) in [5.41, 5.74) is 1.66. The summed E-state index contributed by atoms with van der Waals surface area (Å²) in [6, 6.07) is 13.9. The van der Waals surface area contributed by atoms with Gasteiger partial charge in [0.2, 0.25) is 0 Å². The highest BCUT2D eigenvalue weighted by Gasteiger charge is 2.14. The lowest BCUT2D eigenvalue weighted by Crippen LogP contribution is -2.12. The monoisotopic (exact) mass is 382 g/mol. The summed E-state index contributed by atoms with van der Waals surface area (Å²) in [7, 11) is 0. The van der Waals surface area contributed by atoms with E-state index < -0.39 is 11.9 Å². The van der Waals surface area contributed by atoms with Crippen LogP contribution < -0.4 is 4.74 Å². The Hall–Kier alpha value is -2.62. The van der Waals surface area contributed by atoms with Gasteiger partial charge in [-0.3, -0.25) is 0 Å². The fraction of sp³-hybridized carbons (Fsp3) is 0.417. The molecular weight excluding hydrogens is 352 g/mol. The molecule has 0 radical (unpaired) electrons. The van der Waals surface area contributed by atoms with E-state index >= 15 is 0 Å². The molecule has 0 aliphatic rings. The Balaban J connectivity index is 1.88. The van der Waals surface area contributed by atoms with Crippen LogP contribution in [0.25, 0.3) is 0 Å². The first kappa shape index (κ1) is 21.7. The maximum absolute atomic E-state index is 12.5. The summed E-state index contributed by atoms with van der Waals surface area (Å²) >= 11 is 0. The molecule has 0 aliphatic carbocycles. The van der Waals surface area contributed by atoms with Crippen LogP contribution in [0.3, 0.4) is 0 Å². The SMILES string of the molecule is CCCCCCCCOC(=O)c1cccc(C(=O)Oc2ccccc2CC)c1. The van der Waals surface area contributed by atoms with Crippen molar-refractivity contribution in [2.75, 3.05) is 6.61 Å². The van der Waals surface area contributed by atoms with E-state index in [0.29, 0.717) is 23.5 Å². The summed E-state index contributed by atoms with van der Waals surface area (Å²) in [6.07, 6.45) is 7.58. The van der Waals surface area contributed by atoms with Gasteiger partial charge >= 0.3 is 11.9 Å². The van der Waals surface area contributed by atoms with Crippen LogP contribution in [0.1, 0.15) is 78.7 Å². The number of aryl methyl sites for hydroxylation is 1. The second-order valence-corrected chi connectivity index (χ2v) is 6.84. The molecule has 0 heterocycles. The number of hydrogen-bond donors (Lipinski definition) is 0. The van der Waals surface area contributed by atoms with E-state index in [1.165, 1.54) is 31.7 Å². The van der Waals surface area contributed by atoms with Crippen molar-refractivity contribution in [3.8, 4) is 5.75 Å². The average molecular weight is 383 g/mol. The maximum atomic E-state index is 12.5. The molecule has 4 nitrogen and oxygen atoms in total. The van der Waals surface area contributed by atoms with Crippen LogP contribution in [0.5, 0.6) is 5.75 Å². The Bertz CT molecular complexity index is 767. The highest BCUT2D eigenvalue weighted by Crippen LogP contribution is 2.20. The van der Waals surface area contributed by atoms with Crippen LogP contribution in [-0.4, -0.2) is 18.5 Å². The molecule has 4 heteroatoms. The van der Waals surface area contributed by atoms with Crippen LogP contribution in [0.2, 0.25) is 0 Å². The topological polar surface area (TPSA) is 52.6 Å². The molecule has 2 aromatic rings. The van der Waals surface area contributed by atoms with E-state index in [9.17, 15) is 9.59 Å². The van der Waals surface area contributed by atoms with Crippen molar-refractivity contribution in [3.05, 3.63) is 65.2 Å². The molecule has 0 bridgehead atoms. The van der Waals surface area contributed by atoms with E-state index in [4.69, 9.17) is 9.47 Å². The number of carbonyl (C=O) groups is 2. The van der Waals surface area contributed by atoms with Crippen molar-refractivity contribution in [2.45, 2.75) is 58.8 Å². The number of unbranched alkanes of at least 4 members (excludes halogenated alkanes) is 5. The Morgan fingerprint density at radius 1 is 0.786 bits per heavy atom. The van der Waals surface area contributed by atoms with Gasteiger partial charge in [-0.15, -0.1) is 0 Å². The Labute approximate surface area is 167 Å². The van der Waals surface area contributed by atoms with Crippen LogP contribution in [0.15, 0.2) is 48.5 Å². The smallest absolute Gasteiger partial charge is 0.343 e. The van der Waals surface area contributed by atoms with Crippen molar-refractivity contribution in [1.82, 2.24) is 0 Å². The van der Waals surface area contributed by atoms with Crippen LogP contribution >= 0.6 is 0 Å². The third-order valence-corrected chi connectivity index (χ3v) is 4.62. The predicted molar refractivity (Wildman–Crippen MR) is 111 cm³/mol. The van der Waals surface area contributed by atoms with Gasteiger partial charge in [-0.05, 0) is 42.7 Å². The highest BCUT2D eigenvalue weighted by atomic mass is 16.5. The van der Waals surface area contributed by atoms with E-state index in [-0.39, 0.29) is 0 Å². The standard InChI is InChI=1S/C24H30O4/c1-3-5-6-7-8-11-17-27-23(25)20-14-12-15-21(18-20)24(26)28-22-16-10-9-13-19(22)4-2/h9-10,12-16,18H,3-8,11,17H2,1-2H3. The normalized spacial score (nSPS) is 10.5. The molecule has 0 aromatic heterocycles. The molecule has 2 rings (SSSR count). The van der Waals surface area contributed by atoms with Crippen molar-refractivity contribution < 1.29 is 19.1 Å². The quantitative estimate of drug-likeness (QED) is 0.272. The number of rotatable bonds is 11. The van der Waals surface area contributed by atoms with Crippen molar-refractivity contribution in [2.24, 2.45) is 0 Å². The summed E-state index contributed by atoms with van der Waals surface area (Å²) in [6.45, 7) is 4.60. The summed E-state index contributed by atoms with van der Waals surface area (Å²) in [4.78, 5) is 24.7. The van der Waals surface area contributed by atoms with E-state index in [1.807, 2.05) is 25.1 Å². The zero-order chi connectivity index (χ0) is 20.2. The Kier molecular flexibility index (Phi) is 9.26. The Morgan fingerprint density at radius 3 is 2.21 bits per heavy atom. The largest absolute Gasteiger partial charge is 0.462 e. The van der Waals surface area contributed by atoms with Crippen LogP contribution in [0.4, 0.5) is 0 Å². The fourth-order valence-electron chi connectivity index (χ4n) is 2.96. The number of hydrogen-bond acceptors (Lipinski definition) is 4. The predicted octanol–water partition coefficient (Wildman–Crippen LogP) is 5.99. The first-order chi connectivity index (χ1) is 13.7. The first-order valence-electron chi connectivity index (χ1n) is 10.2. The van der Waals surface area contributed by atoms with Gasteiger partial charge in [-0.1, -0.05) is 70.2 Å². The van der Waals surface area contributed by atoms with E-state index in [2.05, 4.69) is 6.92 Å². The first-order valence-corrected chi connectivity index (χ1v) is 10.2. The van der Waals surface area contributed by atoms with Crippen molar-refractivity contribution in [3.63, 3.8) is 0 Å². The molecular formula is C24H30O4. The van der Waals surface area contributed by atoms with Gasteiger partial charge in [0, 0.05) is 0 Å². The van der Waals surface area contributed by atoms with Gasteiger partial charge in [0.25, 0.3) is 0 Å². The average Bonchev–Trinajstić information content (AvgIpc) is 2.73. The van der Waals surface area contributed by atoms with Crippen molar-refractivity contribution in [1.29, 1.82) is 0 Å². The third kappa shape index (κ3) is 6.84. The lowest BCUT2D eigenvalue weighted by atomic mass is 10.1. The number of esters is 2. The lowest BCUT2D eigenvalue weighted by Gasteiger charge is -2.09. The summed E-state index contributed by atoms with van der Waals surface area (Å²) < 4.78 is 10.8. The van der Waals surface area contributed by atoms with E-state index in [1.54, 1.807) is 24.3 Å². The van der Waals surface area contributed by atoms with Gasteiger partial charge in [0.05, 0.1) is 17.7 Å². The molecule has 28 heavy (non-hydrogen) atoms. The van der Waals surface area contributed by atoms with Gasteiger partial charge in [-0.2, -0.15) is 0 Å². The highest BCUT2D eigenvalue weighted by molar-refractivity contribution is 5.96. The molecule has 0 saturated carbocycles. The molecule has 0 unspecified atom stereocenters. The third-order valence-electron chi connectivity index (χ3n) is 4.62. The van der Waals surface area contributed by atoms with Gasteiger partial charge in [0.15, 0.2) is 0 Å². The Morgan fingerprint density at radius 2 is 1.46 bits per heavy atom. The van der Waals surface area contributed by atoms with Crippen LogP contribution in [0, 0.1) is 0 Å². The molecule has 0 fully saturated rings. The van der Waals surface area contributed by atoms with Crippen molar-refractivity contribution >= 4 is 11.9 Å². The molecule has 0 aliphatic heterocycles. The van der Waals surface area contributed by atoms with Crippen LogP contribution in [-0.2, 0) is 11.2 Å². The molecule has 0 spiro atoms. The second kappa shape index (κ2) is 12.0. The molecule has 150 valence electrons. The molecule has 0 atom stereocenters. The minimum absolute atomic E-state index is 0.333. The summed E-state index contributed by atoms with van der Waals surface area (Å²) in [5, 5.41) is 0. The van der Waals surface area contributed by atoms with Gasteiger partial charge < -0.3 is 9.47 Å². The summed E-state index contributed by atoms with van der Waals surface area (Å²) in [5.74, 6) is -0.338. The van der Waals surface area contributed by atoms with Gasteiger partial charge in [-0.25, -0.2) is 9.59 Å². The number of carbonyl (C=O) groups excluding carboxylic acids is 2. The minimum Gasteiger partial charge on any atom is -0.462 e.